The summed E-state index contributed by atoms with van der Waals surface area (Å²) in [5.74, 6) is -1.07. The van der Waals surface area contributed by atoms with E-state index in [2.05, 4.69) is 15.3 Å². The zero-order chi connectivity index (χ0) is 13.1. The van der Waals surface area contributed by atoms with Gasteiger partial charge < -0.3 is 5.32 Å². The van der Waals surface area contributed by atoms with Gasteiger partial charge in [0.15, 0.2) is 0 Å². The topological polar surface area (TPSA) is 54.9 Å². The lowest BCUT2D eigenvalue weighted by atomic mass is 10.2. The van der Waals surface area contributed by atoms with Crippen molar-refractivity contribution in [1.29, 1.82) is 0 Å². The van der Waals surface area contributed by atoms with Gasteiger partial charge in [-0.05, 0) is 13.0 Å². The van der Waals surface area contributed by atoms with Gasteiger partial charge in [-0.2, -0.15) is 0 Å². The van der Waals surface area contributed by atoms with Crippen LogP contribution < -0.4 is 5.32 Å². The SMILES string of the molecule is Cc1cnc(CNC(=O)c2cc(F)cnc2Cl)s1. The Bertz CT molecular complexity index is 587. The van der Waals surface area contributed by atoms with Crippen LogP contribution in [-0.2, 0) is 6.54 Å². The third-order valence-electron chi connectivity index (χ3n) is 2.12. The number of nitrogens with zero attached hydrogens (tertiary/aromatic N) is 2. The zero-order valence-corrected chi connectivity index (χ0v) is 11.0. The van der Waals surface area contributed by atoms with E-state index in [1.807, 2.05) is 6.92 Å². The average molecular weight is 286 g/mol. The number of nitrogens with one attached hydrogen (secondary N) is 1. The maximum absolute atomic E-state index is 13.0. The molecule has 0 aliphatic carbocycles. The van der Waals surface area contributed by atoms with Crippen LogP contribution in [0.4, 0.5) is 4.39 Å². The Morgan fingerprint density at radius 3 is 2.94 bits per heavy atom. The number of pyridine rings is 1. The molecular weight excluding hydrogens is 277 g/mol. The lowest BCUT2D eigenvalue weighted by molar-refractivity contribution is 0.0950. The molecular formula is C11H9ClFN3OS. The monoisotopic (exact) mass is 285 g/mol. The number of thiazole rings is 1. The van der Waals surface area contributed by atoms with Crippen molar-refractivity contribution < 1.29 is 9.18 Å². The molecule has 2 heterocycles. The van der Waals surface area contributed by atoms with Crippen molar-refractivity contribution >= 4 is 28.8 Å². The van der Waals surface area contributed by atoms with Crippen LogP contribution in [0.1, 0.15) is 20.2 Å². The molecule has 0 spiro atoms. The average Bonchev–Trinajstić information content (AvgIpc) is 2.75. The molecule has 0 saturated heterocycles. The predicted octanol–water partition coefficient (Wildman–Crippen LogP) is 2.57. The highest BCUT2D eigenvalue weighted by atomic mass is 35.5. The molecule has 2 aromatic rings. The number of rotatable bonds is 3. The first-order chi connectivity index (χ1) is 8.56. The van der Waals surface area contributed by atoms with Crippen molar-refractivity contribution in [2.24, 2.45) is 0 Å². The molecule has 0 radical (unpaired) electrons. The van der Waals surface area contributed by atoms with E-state index in [9.17, 15) is 9.18 Å². The van der Waals surface area contributed by atoms with E-state index in [4.69, 9.17) is 11.6 Å². The van der Waals surface area contributed by atoms with Crippen LogP contribution >= 0.6 is 22.9 Å². The number of carbonyl (C=O) groups is 1. The molecule has 0 aliphatic heterocycles. The maximum Gasteiger partial charge on any atom is 0.254 e. The summed E-state index contributed by atoms with van der Waals surface area (Å²) in [6.45, 7) is 2.21. The molecule has 2 aromatic heterocycles. The zero-order valence-electron chi connectivity index (χ0n) is 9.41. The Morgan fingerprint density at radius 2 is 2.28 bits per heavy atom. The van der Waals surface area contributed by atoms with Gasteiger partial charge in [-0.15, -0.1) is 11.3 Å². The molecule has 0 bridgehead atoms. The van der Waals surface area contributed by atoms with Gasteiger partial charge in [0.25, 0.3) is 5.91 Å². The van der Waals surface area contributed by atoms with E-state index in [1.165, 1.54) is 11.3 Å². The highest BCUT2D eigenvalue weighted by Gasteiger charge is 2.12. The molecule has 0 aliphatic rings. The van der Waals surface area contributed by atoms with Gasteiger partial charge in [-0.25, -0.2) is 14.4 Å². The standard InChI is InChI=1S/C11H9ClFN3OS/c1-6-3-14-9(18-6)5-16-11(17)8-2-7(13)4-15-10(8)12/h2-4H,5H2,1H3,(H,16,17). The minimum Gasteiger partial charge on any atom is -0.345 e. The number of amides is 1. The summed E-state index contributed by atoms with van der Waals surface area (Å²) in [4.78, 5) is 20.5. The van der Waals surface area contributed by atoms with Crippen LogP contribution in [0.15, 0.2) is 18.5 Å². The quantitative estimate of drug-likeness (QED) is 0.882. The molecule has 7 heteroatoms. The molecule has 18 heavy (non-hydrogen) atoms. The van der Waals surface area contributed by atoms with Gasteiger partial charge in [0.1, 0.15) is 16.0 Å². The lowest BCUT2D eigenvalue weighted by Gasteiger charge is -2.04. The van der Waals surface area contributed by atoms with Gasteiger partial charge in [-0.1, -0.05) is 11.6 Å². The first-order valence-corrected chi connectivity index (χ1v) is 6.26. The van der Waals surface area contributed by atoms with Crippen molar-refractivity contribution in [1.82, 2.24) is 15.3 Å². The number of hydrogen-bond donors (Lipinski definition) is 1. The Hall–Kier alpha value is -1.53. The summed E-state index contributed by atoms with van der Waals surface area (Å²) >= 11 is 7.21. The second kappa shape index (κ2) is 5.41. The van der Waals surface area contributed by atoms with Crippen LogP contribution in [0, 0.1) is 12.7 Å². The highest BCUT2D eigenvalue weighted by molar-refractivity contribution is 7.11. The normalized spacial score (nSPS) is 10.4. The summed E-state index contributed by atoms with van der Waals surface area (Å²) in [5.41, 5.74) is 0.0185. The van der Waals surface area contributed by atoms with Gasteiger partial charge in [0.2, 0.25) is 0 Å². The Labute approximate surface area is 112 Å². The van der Waals surface area contributed by atoms with E-state index in [0.29, 0.717) is 0 Å². The fourth-order valence-corrected chi connectivity index (χ4v) is 2.23. The molecule has 94 valence electrons. The first-order valence-electron chi connectivity index (χ1n) is 5.07. The third-order valence-corrected chi connectivity index (χ3v) is 3.33. The fourth-order valence-electron chi connectivity index (χ4n) is 1.32. The number of carbonyl (C=O) groups excluding carboxylic acids is 1. The van der Waals surface area contributed by atoms with Gasteiger partial charge in [0, 0.05) is 11.1 Å². The summed E-state index contributed by atoms with van der Waals surface area (Å²) < 4.78 is 13.0. The number of hydrogen-bond acceptors (Lipinski definition) is 4. The molecule has 1 amide bonds. The van der Waals surface area contributed by atoms with Gasteiger partial charge >= 0.3 is 0 Å². The van der Waals surface area contributed by atoms with E-state index in [1.54, 1.807) is 6.20 Å². The van der Waals surface area contributed by atoms with Crippen LogP contribution in [0.5, 0.6) is 0 Å². The fraction of sp³-hybridized carbons (Fsp3) is 0.182. The minimum atomic E-state index is -0.602. The molecule has 2 rings (SSSR count). The summed E-state index contributed by atoms with van der Waals surface area (Å²) in [7, 11) is 0. The van der Waals surface area contributed by atoms with Crippen molar-refractivity contribution in [3.8, 4) is 0 Å². The van der Waals surface area contributed by atoms with E-state index >= 15 is 0 Å². The largest absolute Gasteiger partial charge is 0.345 e. The molecule has 4 nitrogen and oxygen atoms in total. The molecule has 1 N–H and O–H groups in total. The lowest BCUT2D eigenvalue weighted by Crippen LogP contribution is -2.23. The predicted molar refractivity (Wildman–Crippen MR) is 67.2 cm³/mol. The molecule has 0 unspecified atom stereocenters. The van der Waals surface area contributed by atoms with E-state index in [0.717, 1.165) is 22.1 Å². The second-order valence-corrected chi connectivity index (χ2v) is 5.22. The summed E-state index contributed by atoms with van der Waals surface area (Å²) in [5, 5.41) is 3.37. The van der Waals surface area contributed by atoms with Crippen LogP contribution in [-0.4, -0.2) is 15.9 Å². The van der Waals surface area contributed by atoms with Crippen LogP contribution in [0.2, 0.25) is 5.15 Å². The minimum absolute atomic E-state index is 0.0185. The Kier molecular flexibility index (Phi) is 3.88. The second-order valence-electron chi connectivity index (χ2n) is 3.54. The molecule has 0 atom stereocenters. The van der Waals surface area contributed by atoms with Gasteiger partial charge in [-0.3, -0.25) is 4.79 Å². The Balaban J connectivity index is 2.05. The summed E-state index contributed by atoms with van der Waals surface area (Å²) in [6.07, 6.45) is 2.69. The molecule has 0 aromatic carbocycles. The first kappa shape index (κ1) is 12.9. The summed E-state index contributed by atoms with van der Waals surface area (Å²) in [6, 6.07) is 1.05. The number of aryl methyl sites for hydroxylation is 1. The van der Waals surface area contributed by atoms with Crippen molar-refractivity contribution in [2.45, 2.75) is 13.5 Å². The Morgan fingerprint density at radius 1 is 1.50 bits per heavy atom. The molecule has 0 fully saturated rings. The van der Waals surface area contributed by atoms with Crippen molar-refractivity contribution in [2.75, 3.05) is 0 Å². The van der Waals surface area contributed by atoms with E-state index in [-0.39, 0.29) is 17.3 Å². The van der Waals surface area contributed by atoms with Crippen molar-refractivity contribution in [3.63, 3.8) is 0 Å². The number of halogens is 2. The van der Waals surface area contributed by atoms with Gasteiger partial charge in [0.05, 0.1) is 18.3 Å². The maximum atomic E-state index is 13.0. The smallest absolute Gasteiger partial charge is 0.254 e. The van der Waals surface area contributed by atoms with Crippen LogP contribution in [0.25, 0.3) is 0 Å². The number of aromatic nitrogens is 2. The van der Waals surface area contributed by atoms with Crippen molar-refractivity contribution in [3.05, 3.63) is 44.9 Å². The highest BCUT2D eigenvalue weighted by Crippen LogP contribution is 2.14. The van der Waals surface area contributed by atoms with E-state index < -0.39 is 11.7 Å². The third kappa shape index (κ3) is 3.02. The van der Waals surface area contributed by atoms with Crippen LogP contribution in [0.3, 0.4) is 0 Å². The molecule has 0 saturated carbocycles.